The molecule has 1 aromatic rings. The zero-order valence-electron chi connectivity index (χ0n) is 11.4. The lowest BCUT2D eigenvalue weighted by Gasteiger charge is -2.30. The summed E-state index contributed by atoms with van der Waals surface area (Å²) in [5.41, 5.74) is 0. The van der Waals surface area contributed by atoms with Crippen LogP contribution in [0.25, 0.3) is 0 Å². The van der Waals surface area contributed by atoms with Gasteiger partial charge in [-0.15, -0.1) is 0 Å². The highest BCUT2D eigenvalue weighted by Gasteiger charge is 2.28. The predicted octanol–water partition coefficient (Wildman–Crippen LogP) is -0.205. The second-order valence-electron chi connectivity index (χ2n) is 4.49. The summed E-state index contributed by atoms with van der Waals surface area (Å²) in [4.78, 5) is 25.1. The zero-order chi connectivity index (χ0) is 14.5. The van der Waals surface area contributed by atoms with Crippen molar-refractivity contribution in [1.29, 1.82) is 0 Å². The van der Waals surface area contributed by atoms with Gasteiger partial charge in [0, 0.05) is 19.2 Å². The molecule has 0 spiro atoms. The van der Waals surface area contributed by atoms with Gasteiger partial charge in [0.1, 0.15) is 5.76 Å². The van der Waals surface area contributed by atoms with Crippen LogP contribution < -0.4 is 5.32 Å². The van der Waals surface area contributed by atoms with Gasteiger partial charge < -0.3 is 19.3 Å². The van der Waals surface area contributed by atoms with E-state index in [1.807, 2.05) is 4.90 Å². The van der Waals surface area contributed by atoms with Crippen LogP contribution in [0.4, 0.5) is 5.82 Å². The summed E-state index contributed by atoms with van der Waals surface area (Å²) in [5, 5.41) is 6.31. The molecule has 0 bridgehead atoms. The number of hydrogen-bond acceptors (Lipinski definition) is 7. The van der Waals surface area contributed by atoms with E-state index in [0.29, 0.717) is 31.3 Å². The van der Waals surface area contributed by atoms with Gasteiger partial charge in [-0.1, -0.05) is 5.16 Å². The minimum atomic E-state index is -0.643. The molecular formula is C12H17N3O5. The summed E-state index contributed by atoms with van der Waals surface area (Å²) in [5.74, 6) is 0.355. The van der Waals surface area contributed by atoms with Gasteiger partial charge in [0.05, 0.1) is 20.3 Å². The lowest BCUT2D eigenvalue weighted by Crippen LogP contribution is -2.48. The number of ether oxygens (including phenoxy) is 2. The molecule has 1 aliphatic rings. The van der Waals surface area contributed by atoms with Crippen LogP contribution in [0.2, 0.25) is 0 Å². The maximum atomic E-state index is 11.8. The molecule has 2 heterocycles. The zero-order valence-corrected chi connectivity index (χ0v) is 11.4. The summed E-state index contributed by atoms with van der Waals surface area (Å²) in [6, 6.07) is 1.63. The number of amides is 1. The van der Waals surface area contributed by atoms with E-state index in [1.165, 1.54) is 7.11 Å². The molecule has 1 amide bonds. The number of anilines is 1. The second kappa shape index (κ2) is 6.49. The van der Waals surface area contributed by atoms with Crippen molar-refractivity contribution in [3.05, 3.63) is 11.8 Å². The molecule has 1 saturated heterocycles. The molecule has 0 aromatic carbocycles. The first kappa shape index (κ1) is 14.5. The van der Waals surface area contributed by atoms with Crippen LogP contribution in [0, 0.1) is 6.92 Å². The number of morpholine rings is 1. The van der Waals surface area contributed by atoms with Gasteiger partial charge >= 0.3 is 5.97 Å². The molecule has 0 saturated carbocycles. The number of carbonyl (C=O) groups is 2. The van der Waals surface area contributed by atoms with Crippen LogP contribution in [0.1, 0.15) is 5.76 Å². The Morgan fingerprint density at radius 2 is 2.40 bits per heavy atom. The van der Waals surface area contributed by atoms with E-state index in [1.54, 1.807) is 13.0 Å². The van der Waals surface area contributed by atoms with Gasteiger partial charge in [-0.05, 0) is 6.92 Å². The van der Waals surface area contributed by atoms with Crippen molar-refractivity contribution in [3.8, 4) is 0 Å². The van der Waals surface area contributed by atoms with Crippen LogP contribution >= 0.6 is 0 Å². The number of aromatic nitrogens is 1. The topological polar surface area (TPSA) is 93.9 Å². The van der Waals surface area contributed by atoms with E-state index < -0.39 is 12.1 Å². The molecular weight excluding hydrogens is 266 g/mol. The largest absolute Gasteiger partial charge is 0.467 e. The van der Waals surface area contributed by atoms with Gasteiger partial charge in [0.25, 0.3) is 0 Å². The van der Waals surface area contributed by atoms with Gasteiger partial charge in [0.2, 0.25) is 5.91 Å². The van der Waals surface area contributed by atoms with Crippen molar-refractivity contribution in [3.63, 3.8) is 0 Å². The van der Waals surface area contributed by atoms with E-state index >= 15 is 0 Å². The van der Waals surface area contributed by atoms with Crippen LogP contribution in [0.5, 0.6) is 0 Å². The van der Waals surface area contributed by atoms with Crippen LogP contribution in [0.3, 0.4) is 0 Å². The number of rotatable bonds is 4. The van der Waals surface area contributed by atoms with Crippen molar-refractivity contribution in [2.75, 3.05) is 38.7 Å². The Balaban J connectivity index is 1.83. The van der Waals surface area contributed by atoms with E-state index in [9.17, 15) is 9.59 Å². The van der Waals surface area contributed by atoms with E-state index in [0.717, 1.165) is 0 Å². The highest BCUT2D eigenvalue weighted by Crippen LogP contribution is 2.09. The molecule has 8 nitrogen and oxygen atoms in total. The normalized spacial score (nSPS) is 19.6. The Bertz CT molecular complexity index is 487. The fourth-order valence-electron chi connectivity index (χ4n) is 1.93. The second-order valence-corrected chi connectivity index (χ2v) is 4.49. The third-order valence-electron chi connectivity index (χ3n) is 2.88. The lowest BCUT2D eigenvalue weighted by atomic mass is 10.2. The number of aryl methyl sites for hydroxylation is 1. The highest BCUT2D eigenvalue weighted by molar-refractivity contribution is 5.91. The van der Waals surface area contributed by atoms with Gasteiger partial charge in [-0.3, -0.25) is 9.69 Å². The summed E-state index contributed by atoms with van der Waals surface area (Å²) in [6.45, 7) is 3.20. The standard InChI is InChI=1S/C12H17N3O5/c1-8-5-10(14-20-8)13-11(16)7-15-3-4-19-9(6-15)12(17)18-2/h5,9H,3-4,6-7H2,1-2H3,(H,13,14,16). The number of methoxy groups -OCH3 is 1. The molecule has 1 aromatic heterocycles. The molecule has 2 rings (SSSR count). The van der Waals surface area contributed by atoms with Crippen molar-refractivity contribution >= 4 is 17.7 Å². The summed E-state index contributed by atoms with van der Waals surface area (Å²) >= 11 is 0. The number of nitrogens with zero attached hydrogens (tertiary/aromatic N) is 2. The third kappa shape index (κ3) is 3.78. The molecule has 1 aliphatic heterocycles. The molecule has 0 radical (unpaired) electrons. The number of nitrogens with one attached hydrogen (secondary N) is 1. The monoisotopic (exact) mass is 283 g/mol. The van der Waals surface area contributed by atoms with Gasteiger partial charge in [-0.2, -0.15) is 0 Å². The number of carbonyl (C=O) groups excluding carboxylic acids is 2. The smallest absolute Gasteiger partial charge is 0.336 e. The quantitative estimate of drug-likeness (QED) is 0.764. The molecule has 0 aliphatic carbocycles. The summed E-state index contributed by atoms with van der Waals surface area (Å²) in [7, 11) is 1.31. The van der Waals surface area contributed by atoms with Gasteiger partial charge in [-0.25, -0.2) is 4.79 Å². The third-order valence-corrected chi connectivity index (χ3v) is 2.88. The first-order valence-corrected chi connectivity index (χ1v) is 6.23. The van der Waals surface area contributed by atoms with Crippen LogP contribution in [-0.2, 0) is 19.1 Å². The average molecular weight is 283 g/mol. The Hall–Kier alpha value is -1.93. The maximum Gasteiger partial charge on any atom is 0.336 e. The van der Waals surface area contributed by atoms with Gasteiger partial charge in [0.15, 0.2) is 11.9 Å². The van der Waals surface area contributed by atoms with E-state index in [-0.39, 0.29) is 12.5 Å². The Morgan fingerprint density at radius 1 is 1.60 bits per heavy atom. The molecule has 1 unspecified atom stereocenters. The highest BCUT2D eigenvalue weighted by atomic mass is 16.6. The number of esters is 1. The van der Waals surface area contributed by atoms with E-state index in [4.69, 9.17) is 9.26 Å². The summed E-state index contributed by atoms with van der Waals surface area (Å²) in [6.07, 6.45) is -0.643. The Kier molecular flexibility index (Phi) is 4.70. The number of hydrogen-bond donors (Lipinski definition) is 1. The molecule has 20 heavy (non-hydrogen) atoms. The first-order chi connectivity index (χ1) is 9.58. The minimum Gasteiger partial charge on any atom is -0.467 e. The molecule has 1 N–H and O–H groups in total. The summed E-state index contributed by atoms with van der Waals surface area (Å²) < 4.78 is 14.8. The lowest BCUT2D eigenvalue weighted by molar-refractivity contribution is -0.160. The molecule has 1 atom stereocenters. The average Bonchev–Trinajstić information content (AvgIpc) is 2.83. The minimum absolute atomic E-state index is 0.156. The Morgan fingerprint density at radius 3 is 3.05 bits per heavy atom. The first-order valence-electron chi connectivity index (χ1n) is 6.23. The van der Waals surface area contributed by atoms with Crippen molar-refractivity contribution in [2.24, 2.45) is 0 Å². The molecule has 1 fully saturated rings. The SMILES string of the molecule is COC(=O)C1CN(CC(=O)Nc2cc(C)on2)CCO1. The molecule has 110 valence electrons. The van der Waals surface area contributed by atoms with Crippen LogP contribution in [-0.4, -0.2) is 61.4 Å². The van der Waals surface area contributed by atoms with Crippen molar-refractivity contribution in [1.82, 2.24) is 10.1 Å². The van der Waals surface area contributed by atoms with Crippen LogP contribution in [0.15, 0.2) is 10.6 Å². The predicted molar refractivity (Wildman–Crippen MR) is 68.1 cm³/mol. The maximum absolute atomic E-state index is 11.8. The van der Waals surface area contributed by atoms with Crippen molar-refractivity contribution < 1.29 is 23.6 Å². The fraction of sp³-hybridized carbons (Fsp3) is 0.583. The van der Waals surface area contributed by atoms with Crippen molar-refractivity contribution in [2.45, 2.75) is 13.0 Å². The van der Waals surface area contributed by atoms with E-state index in [2.05, 4.69) is 15.2 Å². The molecule has 8 heteroatoms. The fourth-order valence-corrected chi connectivity index (χ4v) is 1.93. The Labute approximate surface area is 116 Å².